The Morgan fingerprint density at radius 1 is 1.39 bits per heavy atom. The molecule has 122 valence electrons. The first-order valence-corrected chi connectivity index (χ1v) is 7.76. The minimum absolute atomic E-state index is 0.0427. The van der Waals surface area contributed by atoms with Crippen LogP contribution in [-0.4, -0.2) is 59.0 Å². The maximum Gasteiger partial charge on any atom is 0.317 e. The van der Waals surface area contributed by atoms with Gasteiger partial charge in [0.25, 0.3) is 0 Å². The monoisotopic (exact) mass is 315 g/mol. The van der Waals surface area contributed by atoms with Crippen molar-refractivity contribution in [3.63, 3.8) is 0 Å². The van der Waals surface area contributed by atoms with Crippen molar-refractivity contribution < 1.29 is 9.53 Å². The van der Waals surface area contributed by atoms with Gasteiger partial charge in [-0.05, 0) is 6.42 Å². The normalized spacial score (nSPS) is 17.4. The summed E-state index contributed by atoms with van der Waals surface area (Å²) in [5, 5.41) is 11.1. The third kappa shape index (κ3) is 3.50. The van der Waals surface area contributed by atoms with Crippen LogP contribution in [-0.2, 0) is 4.74 Å². The average Bonchev–Trinajstić information content (AvgIpc) is 3.25. The number of hydrogen-bond donors (Lipinski definition) is 1. The molecular formula is C16H21N5O2. The van der Waals surface area contributed by atoms with Crippen LogP contribution in [0.1, 0.15) is 12.5 Å². The number of amides is 2. The molecule has 0 bridgehead atoms. The summed E-state index contributed by atoms with van der Waals surface area (Å²) in [6.45, 7) is 2.44. The number of methoxy groups -OCH3 is 1. The van der Waals surface area contributed by atoms with E-state index in [1.165, 1.54) is 0 Å². The number of urea groups is 1. The van der Waals surface area contributed by atoms with Crippen molar-refractivity contribution >= 4 is 6.03 Å². The molecule has 1 aromatic carbocycles. The molecule has 0 spiro atoms. The number of nitrogens with one attached hydrogen (secondary N) is 1. The number of benzene rings is 1. The summed E-state index contributed by atoms with van der Waals surface area (Å²) in [5.41, 5.74) is 1.04. The van der Waals surface area contributed by atoms with Gasteiger partial charge in [-0.2, -0.15) is 0 Å². The van der Waals surface area contributed by atoms with Gasteiger partial charge in [0.2, 0.25) is 0 Å². The molecule has 3 rings (SSSR count). The lowest BCUT2D eigenvalue weighted by molar-refractivity contribution is 0.184. The van der Waals surface area contributed by atoms with E-state index in [-0.39, 0.29) is 12.1 Å². The second-order valence-electron chi connectivity index (χ2n) is 5.54. The topological polar surface area (TPSA) is 72.3 Å². The Bertz CT molecular complexity index is 643. The minimum atomic E-state index is -0.0427. The summed E-state index contributed by atoms with van der Waals surface area (Å²) in [7, 11) is 1.62. The van der Waals surface area contributed by atoms with Crippen LogP contribution in [0.25, 0.3) is 11.4 Å². The fourth-order valence-corrected chi connectivity index (χ4v) is 2.83. The van der Waals surface area contributed by atoms with Crippen molar-refractivity contribution in [2.24, 2.45) is 0 Å². The van der Waals surface area contributed by atoms with Crippen LogP contribution >= 0.6 is 0 Å². The highest BCUT2D eigenvalue weighted by molar-refractivity contribution is 5.74. The van der Waals surface area contributed by atoms with Crippen molar-refractivity contribution in [3.8, 4) is 11.4 Å². The van der Waals surface area contributed by atoms with Crippen molar-refractivity contribution in [2.75, 3.05) is 33.4 Å². The fraction of sp³-hybridized carbons (Fsp3) is 0.438. The Morgan fingerprint density at radius 3 is 3.00 bits per heavy atom. The van der Waals surface area contributed by atoms with E-state index in [2.05, 4.69) is 20.1 Å². The molecule has 1 aliphatic heterocycles. The van der Waals surface area contributed by atoms with E-state index in [0.717, 1.165) is 24.4 Å². The quantitative estimate of drug-likeness (QED) is 0.850. The van der Waals surface area contributed by atoms with Crippen LogP contribution in [0.5, 0.6) is 0 Å². The van der Waals surface area contributed by atoms with Crippen LogP contribution in [0.3, 0.4) is 0 Å². The van der Waals surface area contributed by atoms with E-state index < -0.39 is 0 Å². The van der Waals surface area contributed by atoms with E-state index in [9.17, 15) is 4.79 Å². The molecule has 0 aliphatic carbocycles. The number of aromatic nitrogens is 3. The zero-order chi connectivity index (χ0) is 16.1. The maximum absolute atomic E-state index is 12.1. The molecule has 2 aromatic rings. The van der Waals surface area contributed by atoms with Crippen LogP contribution in [0.15, 0.2) is 36.7 Å². The molecule has 0 saturated carbocycles. The van der Waals surface area contributed by atoms with E-state index in [1.54, 1.807) is 13.4 Å². The number of hydrogen-bond acceptors (Lipinski definition) is 4. The summed E-state index contributed by atoms with van der Waals surface area (Å²) in [6, 6.07) is 10.1. The third-order valence-electron chi connectivity index (χ3n) is 4.03. The molecule has 2 amide bonds. The zero-order valence-electron chi connectivity index (χ0n) is 13.2. The predicted molar refractivity (Wildman–Crippen MR) is 86.0 cm³/mol. The van der Waals surface area contributed by atoms with Crippen LogP contribution in [0.2, 0.25) is 0 Å². The van der Waals surface area contributed by atoms with Crippen molar-refractivity contribution in [3.05, 3.63) is 36.7 Å². The molecule has 7 nitrogen and oxygen atoms in total. The molecule has 0 radical (unpaired) electrons. The highest BCUT2D eigenvalue weighted by Crippen LogP contribution is 2.26. The maximum atomic E-state index is 12.1. The Hall–Kier alpha value is -2.41. The van der Waals surface area contributed by atoms with Gasteiger partial charge in [-0.15, -0.1) is 10.2 Å². The third-order valence-corrected chi connectivity index (χ3v) is 4.03. The molecular weight excluding hydrogens is 294 g/mol. The number of ether oxygens (including phenoxy) is 1. The van der Waals surface area contributed by atoms with Gasteiger partial charge in [-0.25, -0.2) is 4.79 Å². The van der Waals surface area contributed by atoms with Gasteiger partial charge in [0, 0.05) is 32.3 Å². The lowest BCUT2D eigenvalue weighted by Crippen LogP contribution is -2.39. The van der Waals surface area contributed by atoms with Gasteiger partial charge in [0.15, 0.2) is 5.82 Å². The Kier molecular flexibility index (Phi) is 4.87. The second kappa shape index (κ2) is 7.23. The first-order chi connectivity index (χ1) is 11.3. The first-order valence-electron chi connectivity index (χ1n) is 7.76. The van der Waals surface area contributed by atoms with Gasteiger partial charge in [0.1, 0.15) is 6.33 Å². The van der Waals surface area contributed by atoms with Crippen LogP contribution < -0.4 is 5.32 Å². The van der Waals surface area contributed by atoms with Crippen molar-refractivity contribution in [1.29, 1.82) is 0 Å². The standard InChI is InChI=1S/C16H21N5O2/c1-23-10-8-17-16(22)20-9-7-14(11-20)21-12-18-19-15(21)13-5-3-2-4-6-13/h2-6,12,14H,7-11H2,1H3,(H,17,22). The molecule has 1 N–H and O–H groups in total. The van der Waals surface area contributed by atoms with Gasteiger partial charge in [0.05, 0.1) is 12.6 Å². The van der Waals surface area contributed by atoms with E-state index >= 15 is 0 Å². The molecule has 2 heterocycles. The lowest BCUT2D eigenvalue weighted by Gasteiger charge is -2.18. The molecule has 1 fully saturated rings. The molecule has 1 saturated heterocycles. The Balaban J connectivity index is 1.66. The van der Waals surface area contributed by atoms with Gasteiger partial charge in [-0.3, -0.25) is 0 Å². The predicted octanol–water partition coefficient (Wildman–Crippen LogP) is 1.55. The second-order valence-corrected chi connectivity index (χ2v) is 5.54. The summed E-state index contributed by atoms with van der Waals surface area (Å²) in [4.78, 5) is 13.9. The highest BCUT2D eigenvalue weighted by Gasteiger charge is 2.28. The van der Waals surface area contributed by atoms with Crippen LogP contribution in [0, 0.1) is 0 Å². The van der Waals surface area contributed by atoms with E-state index in [4.69, 9.17) is 4.74 Å². The Morgan fingerprint density at radius 2 is 2.22 bits per heavy atom. The molecule has 7 heteroatoms. The van der Waals surface area contributed by atoms with Gasteiger partial charge in [-0.1, -0.05) is 30.3 Å². The van der Waals surface area contributed by atoms with E-state index in [1.807, 2.05) is 35.2 Å². The number of rotatable bonds is 5. The number of carbonyl (C=O) groups excluding carboxylic acids is 1. The number of likely N-dealkylation sites (tertiary alicyclic amines) is 1. The van der Waals surface area contributed by atoms with Crippen molar-refractivity contribution in [1.82, 2.24) is 25.0 Å². The zero-order valence-corrected chi connectivity index (χ0v) is 13.2. The molecule has 1 unspecified atom stereocenters. The highest BCUT2D eigenvalue weighted by atomic mass is 16.5. The minimum Gasteiger partial charge on any atom is -0.383 e. The largest absolute Gasteiger partial charge is 0.383 e. The molecule has 1 aromatic heterocycles. The summed E-state index contributed by atoms with van der Waals surface area (Å²) in [5.74, 6) is 0.845. The first kappa shape index (κ1) is 15.5. The fourth-order valence-electron chi connectivity index (χ4n) is 2.83. The van der Waals surface area contributed by atoms with Crippen LogP contribution in [0.4, 0.5) is 4.79 Å². The number of carbonyl (C=O) groups is 1. The summed E-state index contributed by atoms with van der Waals surface area (Å²) < 4.78 is 7.01. The Labute approximate surface area is 135 Å². The SMILES string of the molecule is COCCNC(=O)N1CCC(n2cnnc2-c2ccccc2)C1. The van der Waals surface area contributed by atoms with Crippen molar-refractivity contribution in [2.45, 2.75) is 12.5 Å². The molecule has 23 heavy (non-hydrogen) atoms. The van der Waals surface area contributed by atoms with E-state index in [0.29, 0.717) is 19.7 Å². The smallest absolute Gasteiger partial charge is 0.317 e. The van der Waals surface area contributed by atoms with Gasteiger partial charge < -0.3 is 19.5 Å². The molecule has 1 atom stereocenters. The summed E-state index contributed by atoms with van der Waals surface area (Å²) in [6.07, 6.45) is 2.65. The molecule has 1 aliphatic rings. The average molecular weight is 315 g/mol. The number of nitrogens with zero attached hydrogens (tertiary/aromatic N) is 4. The lowest BCUT2D eigenvalue weighted by atomic mass is 10.2. The summed E-state index contributed by atoms with van der Waals surface area (Å²) >= 11 is 0. The van der Waals surface area contributed by atoms with Gasteiger partial charge >= 0.3 is 6.03 Å².